The van der Waals surface area contributed by atoms with E-state index in [4.69, 9.17) is 4.98 Å². The first-order valence-electron chi connectivity index (χ1n) is 12.1. The smallest absolute Gasteiger partial charge is 0.243 e. The molecule has 1 aliphatic heterocycles. The van der Waals surface area contributed by atoms with Gasteiger partial charge in [-0.05, 0) is 74.2 Å². The number of carbonyl (C=O) groups is 1. The molecule has 0 N–H and O–H groups in total. The molecule has 2 aromatic carbocycles. The lowest BCUT2D eigenvalue weighted by atomic mass is 9.96. The van der Waals surface area contributed by atoms with Crippen LogP contribution in [0.2, 0.25) is 0 Å². The predicted octanol–water partition coefficient (Wildman–Crippen LogP) is 4.38. The normalized spacial score (nSPS) is 15.3. The number of sulfonamides is 1. The molecule has 0 atom stereocenters. The van der Waals surface area contributed by atoms with Crippen LogP contribution in [-0.4, -0.2) is 53.0 Å². The lowest BCUT2D eigenvalue weighted by molar-refractivity contribution is -0.123. The summed E-state index contributed by atoms with van der Waals surface area (Å²) in [5.41, 5.74) is 3.10. The van der Waals surface area contributed by atoms with E-state index in [9.17, 15) is 17.6 Å². The molecule has 37 heavy (non-hydrogen) atoms. The summed E-state index contributed by atoms with van der Waals surface area (Å²) in [6.07, 6.45) is 4.36. The first kappa shape index (κ1) is 25.5. The van der Waals surface area contributed by atoms with Crippen molar-refractivity contribution in [1.29, 1.82) is 0 Å². The Morgan fingerprint density at radius 2 is 1.89 bits per heavy atom. The summed E-state index contributed by atoms with van der Waals surface area (Å²) in [4.78, 5) is 20.4. The van der Waals surface area contributed by atoms with Gasteiger partial charge in [0.05, 0.1) is 21.7 Å². The van der Waals surface area contributed by atoms with Gasteiger partial charge in [0.1, 0.15) is 5.82 Å². The van der Waals surface area contributed by atoms with Gasteiger partial charge >= 0.3 is 0 Å². The number of benzene rings is 2. The SMILES string of the molecule is Cc1cc(C)c2nc(N(CCn3cccn3)C(=O)C3CCN(S(=O)(=O)c4ccc(F)cc4)CC3)sc2c1. The van der Waals surface area contributed by atoms with Gasteiger partial charge in [-0.15, -0.1) is 0 Å². The second-order valence-electron chi connectivity index (χ2n) is 9.32. The summed E-state index contributed by atoms with van der Waals surface area (Å²) in [6, 6.07) is 10.8. The maximum Gasteiger partial charge on any atom is 0.243 e. The molecule has 3 heterocycles. The van der Waals surface area contributed by atoms with Crippen molar-refractivity contribution in [3.8, 4) is 0 Å². The Kier molecular flexibility index (Phi) is 7.11. The van der Waals surface area contributed by atoms with Gasteiger partial charge in [-0.25, -0.2) is 17.8 Å². The van der Waals surface area contributed by atoms with Crippen LogP contribution in [0.25, 0.3) is 10.2 Å². The molecule has 11 heteroatoms. The summed E-state index contributed by atoms with van der Waals surface area (Å²) in [7, 11) is -3.75. The summed E-state index contributed by atoms with van der Waals surface area (Å²) >= 11 is 1.49. The third-order valence-electron chi connectivity index (χ3n) is 6.68. The van der Waals surface area contributed by atoms with Gasteiger partial charge in [-0.3, -0.25) is 14.4 Å². The van der Waals surface area contributed by atoms with Crippen LogP contribution < -0.4 is 4.90 Å². The van der Waals surface area contributed by atoms with E-state index in [0.717, 1.165) is 33.5 Å². The Bertz CT molecular complexity index is 1510. The van der Waals surface area contributed by atoms with Crippen LogP contribution in [0.15, 0.2) is 59.8 Å². The molecule has 1 saturated heterocycles. The van der Waals surface area contributed by atoms with Gasteiger partial charge < -0.3 is 0 Å². The predicted molar refractivity (Wildman–Crippen MR) is 142 cm³/mol. The second kappa shape index (κ2) is 10.3. The summed E-state index contributed by atoms with van der Waals surface area (Å²) in [6.45, 7) is 5.44. The number of anilines is 1. The minimum absolute atomic E-state index is 0.0552. The van der Waals surface area contributed by atoms with Crippen molar-refractivity contribution in [2.75, 3.05) is 24.5 Å². The van der Waals surface area contributed by atoms with E-state index in [1.807, 2.05) is 26.1 Å². The molecule has 1 amide bonds. The van der Waals surface area contributed by atoms with Gasteiger partial charge in [-0.2, -0.15) is 9.40 Å². The molecule has 194 valence electrons. The number of carbonyl (C=O) groups excluding carboxylic acids is 1. The molecule has 0 saturated carbocycles. The van der Waals surface area contributed by atoms with E-state index in [1.165, 1.54) is 27.8 Å². The fraction of sp³-hybridized carbons (Fsp3) is 0.346. The van der Waals surface area contributed by atoms with Crippen molar-refractivity contribution < 1.29 is 17.6 Å². The highest BCUT2D eigenvalue weighted by Crippen LogP contribution is 2.34. The van der Waals surface area contributed by atoms with Crippen LogP contribution in [0.5, 0.6) is 0 Å². The monoisotopic (exact) mass is 541 g/mol. The number of amides is 1. The highest BCUT2D eigenvalue weighted by atomic mass is 32.2. The highest BCUT2D eigenvalue weighted by molar-refractivity contribution is 7.89. The fourth-order valence-electron chi connectivity index (χ4n) is 4.73. The largest absolute Gasteiger partial charge is 0.286 e. The minimum Gasteiger partial charge on any atom is -0.286 e. The quantitative estimate of drug-likeness (QED) is 0.347. The fourth-order valence-corrected chi connectivity index (χ4v) is 7.37. The molecule has 0 spiro atoms. The van der Waals surface area contributed by atoms with Gasteiger partial charge in [0.25, 0.3) is 0 Å². The maximum atomic E-state index is 13.8. The molecule has 4 aromatic rings. The van der Waals surface area contributed by atoms with E-state index in [2.05, 4.69) is 17.2 Å². The molecular weight excluding hydrogens is 513 g/mol. The zero-order valence-corrected chi connectivity index (χ0v) is 22.3. The number of halogens is 1. The van der Waals surface area contributed by atoms with E-state index >= 15 is 0 Å². The molecule has 8 nitrogen and oxygen atoms in total. The number of aromatic nitrogens is 3. The third kappa shape index (κ3) is 5.29. The Balaban J connectivity index is 1.35. The Hall–Kier alpha value is -3.15. The molecular formula is C26H28FN5O3S2. The molecule has 2 aromatic heterocycles. The second-order valence-corrected chi connectivity index (χ2v) is 12.3. The van der Waals surface area contributed by atoms with Crippen molar-refractivity contribution in [2.24, 2.45) is 5.92 Å². The van der Waals surface area contributed by atoms with Crippen molar-refractivity contribution >= 4 is 42.6 Å². The average molecular weight is 542 g/mol. The molecule has 1 aliphatic rings. The van der Waals surface area contributed by atoms with Crippen molar-refractivity contribution in [1.82, 2.24) is 19.1 Å². The number of rotatable bonds is 7. The number of thiazole rings is 1. The first-order valence-corrected chi connectivity index (χ1v) is 14.4. The zero-order valence-electron chi connectivity index (χ0n) is 20.7. The number of nitrogens with zero attached hydrogens (tertiary/aromatic N) is 5. The Morgan fingerprint density at radius 3 is 2.57 bits per heavy atom. The first-order chi connectivity index (χ1) is 17.7. The summed E-state index contributed by atoms with van der Waals surface area (Å²) in [5, 5.41) is 4.90. The number of fused-ring (bicyclic) bond motifs is 1. The topological polar surface area (TPSA) is 88.4 Å². The number of aryl methyl sites for hydroxylation is 2. The maximum absolute atomic E-state index is 13.8. The average Bonchev–Trinajstić information content (AvgIpc) is 3.55. The molecule has 0 bridgehead atoms. The summed E-state index contributed by atoms with van der Waals surface area (Å²) in [5.74, 6) is -0.870. The van der Waals surface area contributed by atoms with Crippen LogP contribution in [0.4, 0.5) is 9.52 Å². The lowest BCUT2D eigenvalue weighted by Crippen LogP contribution is -2.45. The van der Waals surface area contributed by atoms with Crippen molar-refractivity contribution in [3.05, 3.63) is 71.8 Å². The molecule has 1 fully saturated rings. The van der Waals surface area contributed by atoms with Crippen LogP contribution in [0.1, 0.15) is 24.0 Å². The Morgan fingerprint density at radius 1 is 1.16 bits per heavy atom. The standard InChI is InChI=1S/C26H28FN5O3S2/c1-18-16-19(2)24-23(17-18)36-26(29-24)32(15-14-30-11-3-10-28-30)25(33)20-8-12-31(13-9-20)37(34,35)22-6-4-21(27)5-7-22/h3-7,10-11,16-17,20H,8-9,12-15H2,1-2H3. The van der Waals surface area contributed by atoms with Gasteiger partial charge in [0, 0.05) is 37.9 Å². The third-order valence-corrected chi connectivity index (χ3v) is 9.62. The molecule has 5 rings (SSSR count). The van der Waals surface area contributed by atoms with Crippen LogP contribution in [0.3, 0.4) is 0 Å². The van der Waals surface area contributed by atoms with E-state index in [-0.39, 0.29) is 29.8 Å². The Labute approximate surface area is 219 Å². The van der Waals surface area contributed by atoms with E-state index < -0.39 is 15.8 Å². The number of hydrogen-bond donors (Lipinski definition) is 0. The minimum atomic E-state index is -3.75. The van der Waals surface area contributed by atoms with Crippen molar-refractivity contribution in [2.45, 2.75) is 38.1 Å². The van der Waals surface area contributed by atoms with Crippen molar-refractivity contribution in [3.63, 3.8) is 0 Å². The van der Waals surface area contributed by atoms with E-state index in [1.54, 1.807) is 15.8 Å². The van der Waals surface area contributed by atoms with Crippen LogP contribution in [0, 0.1) is 25.6 Å². The number of piperidine rings is 1. The van der Waals surface area contributed by atoms with Gasteiger partial charge in [0.15, 0.2) is 5.13 Å². The summed E-state index contributed by atoms with van der Waals surface area (Å²) < 4.78 is 43.5. The zero-order chi connectivity index (χ0) is 26.2. The molecule has 0 radical (unpaired) electrons. The van der Waals surface area contributed by atoms with Gasteiger partial charge in [0.2, 0.25) is 15.9 Å². The van der Waals surface area contributed by atoms with Crippen LogP contribution in [-0.2, 0) is 21.4 Å². The highest BCUT2D eigenvalue weighted by Gasteiger charge is 2.35. The van der Waals surface area contributed by atoms with Gasteiger partial charge in [-0.1, -0.05) is 17.4 Å². The number of hydrogen-bond acceptors (Lipinski definition) is 6. The van der Waals surface area contributed by atoms with Crippen LogP contribution >= 0.6 is 11.3 Å². The van der Waals surface area contributed by atoms with E-state index in [0.29, 0.717) is 31.1 Å². The molecule has 0 unspecified atom stereocenters. The molecule has 0 aliphatic carbocycles. The lowest BCUT2D eigenvalue weighted by Gasteiger charge is -2.33.